The molecule has 4 aromatic carbocycles. The lowest BCUT2D eigenvalue weighted by Crippen LogP contribution is -2.37. The second-order valence-corrected chi connectivity index (χ2v) is 14.9. The topological polar surface area (TPSA) is 146 Å². The predicted octanol–water partition coefficient (Wildman–Crippen LogP) is 9.76. The molecule has 4 N–H and O–H groups in total. The third kappa shape index (κ3) is 17.2. The minimum atomic E-state index is -0.676. The molecule has 4 aromatic rings. The van der Waals surface area contributed by atoms with Crippen molar-refractivity contribution >= 4 is 58.6 Å². The highest BCUT2D eigenvalue weighted by Gasteiger charge is 2.28. The fraction of sp³-hybridized carbons (Fsp3) is 0.364. The Kier molecular flexibility index (Phi) is 20.6. The van der Waals surface area contributed by atoms with Gasteiger partial charge in [0.1, 0.15) is 0 Å². The maximum absolute atomic E-state index is 12.5. The summed E-state index contributed by atoms with van der Waals surface area (Å²) in [5.74, 6) is -0.196. The summed E-state index contributed by atoms with van der Waals surface area (Å²) in [7, 11) is 0. The number of aliphatic imine (C=N–C) groups is 1. The summed E-state index contributed by atoms with van der Waals surface area (Å²) in [6.45, 7) is 12.3. The van der Waals surface area contributed by atoms with E-state index in [1.807, 2.05) is 113 Å². The van der Waals surface area contributed by atoms with Gasteiger partial charge in [0.25, 0.3) is 0 Å². The second kappa shape index (κ2) is 24.5. The molecule has 10 nitrogen and oxygen atoms in total. The fourth-order valence-electron chi connectivity index (χ4n) is 4.86. The molecular formula is C44H54Cl2N4O6. The minimum absolute atomic E-state index is 0.00646. The Bertz CT molecular complexity index is 1880. The molecule has 3 amide bonds. The Morgan fingerprint density at radius 1 is 0.696 bits per heavy atom. The van der Waals surface area contributed by atoms with Crippen LogP contribution in [0.2, 0.25) is 10.0 Å². The molecule has 0 saturated heterocycles. The number of isocyanates is 1. The summed E-state index contributed by atoms with van der Waals surface area (Å²) in [4.78, 5) is 49.6. The predicted molar refractivity (Wildman–Crippen MR) is 225 cm³/mol. The first-order valence-corrected chi connectivity index (χ1v) is 19.2. The zero-order chi connectivity index (χ0) is 41.6. The van der Waals surface area contributed by atoms with E-state index in [0.717, 1.165) is 24.0 Å². The van der Waals surface area contributed by atoms with Crippen LogP contribution in [0.15, 0.2) is 102 Å². The molecule has 0 atom stereocenters. The number of amides is 3. The van der Waals surface area contributed by atoms with Gasteiger partial charge in [-0.05, 0) is 84.3 Å². The molecule has 0 aliphatic heterocycles. The molecule has 0 radical (unpaired) electrons. The first kappa shape index (κ1) is 47.2. The van der Waals surface area contributed by atoms with Crippen molar-refractivity contribution in [2.24, 2.45) is 15.8 Å². The van der Waals surface area contributed by atoms with Crippen LogP contribution in [0.4, 0.5) is 16.2 Å². The Labute approximate surface area is 341 Å². The van der Waals surface area contributed by atoms with Gasteiger partial charge in [0.2, 0.25) is 17.9 Å². The number of aliphatic hydroxyl groups is 1. The van der Waals surface area contributed by atoms with Gasteiger partial charge in [0.05, 0.1) is 12.3 Å². The van der Waals surface area contributed by atoms with Crippen LogP contribution in [0.5, 0.6) is 0 Å². The molecule has 56 heavy (non-hydrogen) atoms. The fourth-order valence-corrected chi connectivity index (χ4v) is 5.26. The van der Waals surface area contributed by atoms with Gasteiger partial charge < -0.3 is 20.5 Å². The number of carbonyl (C=O) groups is 3. The van der Waals surface area contributed by atoms with Crippen LogP contribution in [0.1, 0.15) is 76.6 Å². The number of carbonyl (C=O) groups excluding carboxylic acids is 4. The number of hydrogen-bond donors (Lipinski definition) is 4. The van der Waals surface area contributed by atoms with E-state index >= 15 is 0 Å². The zero-order valence-corrected chi connectivity index (χ0v) is 34.6. The number of ether oxygens (including phenoxy) is 1. The minimum Gasteiger partial charge on any atom is -0.449 e. The van der Waals surface area contributed by atoms with Crippen LogP contribution in [0.3, 0.4) is 0 Å². The molecule has 300 valence electrons. The molecule has 0 bridgehead atoms. The highest BCUT2D eigenvalue weighted by atomic mass is 35.5. The van der Waals surface area contributed by atoms with E-state index in [9.17, 15) is 19.2 Å². The summed E-state index contributed by atoms with van der Waals surface area (Å²) < 4.78 is 5.22. The summed E-state index contributed by atoms with van der Waals surface area (Å²) in [6.07, 6.45) is 3.77. The molecule has 0 saturated carbocycles. The Hall–Kier alpha value is -4.99. The van der Waals surface area contributed by atoms with Crippen LogP contribution >= 0.6 is 23.2 Å². The lowest BCUT2D eigenvalue weighted by Gasteiger charge is -2.23. The quantitative estimate of drug-likeness (QED) is 0.0695. The Morgan fingerprint density at radius 2 is 1.14 bits per heavy atom. The third-order valence-corrected chi connectivity index (χ3v) is 9.59. The second-order valence-electron chi connectivity index (χ2n) is 14.1. The summed E-state index contributed by atoms with van der Waals surface area (Å²) in [5.41, 5.74) is 4.30. The molecule has 0 aromatic heterocycles. The average Bonchev–Trinajstić information content (AvgIpc) is 3.18. The van der Waals surface area contributed by atoms with Crippen LogP contribution in [0, 0.1) is 10.8 Å². The van der Waals surface area contributed by atoms with Gasteiger partial charge in [-0.15, -0.1) is 0 Å². The molecule has 0 aliphatic carbocycles. The smallest absolute Gasteiger partial charge is 0.411 e. The van der Waals surface area contributed by atoms with E-state index in [1.165, 1.54) is 17.2 Å². The Balaban J connectivity index is 0.000000326. The molecule has 0 fully saturated rings. The van der Waals surface area contributed by atoms with Crippen molar-refractivity contribution in [3.63, 3.8) is 0 Å². The number of aryl methyl sites for hydroxylation is 2. The maximum atomic E-state index is 12.5. The lowest BCUT2D eigenvalue weighted by molar-refractivity contribution is -0.130. The normalized spacial score (nSPS) is 10.7. The van der Waals surface area contributed by atoms with Crippen molar-refractivity contribution in [1.29, 1.82) is 0 Å². The monoisotopic (exact) mass is 804 g/mol. The van der Waals surface area contributed by atoms with Gasteiger partial charge in [-0.25, -0.2) is 9.59 Å². The zero-order valence-electron chi connectivity index (χ0n) is 33.1. The average molecular weight is 806 g/mol. The van der Waals surface area contributed by atoms with Gasteiger partial charge in [0, 0.05) is 46.3 Å². The Morgan fingerprint density at radius 3 is 1.57 bits per heavy atom. The van der Waals surface area contributed by atoms with Crippen LogP contribution < -0.4 is 16.0 Å². The number of nitrogens with one attached hydrogen (secondary N) is 3. The maximum Gasteiger partial charge on any atom is 0.411 e. The number of aliphatic hydroxyl groups excluding tert-OH is 1. The van der Waals surface area contributed by atoms with Gasteiger partial charge in [-0.2, -0.15) is 4.99 Å². The molecule has 4 rings (SSSR count). The van der Waals surface area contributed by atoms with E-state index < -0.39 is 16.9 Å². The van der Waals surface area contributed by atoms with Crippen LogP contribution in [0.25, 0.3) is 0 Å². The van der Waals surface area contributed by atoms with E-state index in [1.54, 1.807) is 12.1 Å². The summed E-state index contributed by atoms with van der Waals surface area (Å²) in [6, 6.07) is 29.9. The summed E-state index contributed by atoms with van der Waals surface area (Å²) >= 11 is 12.1. The standard InChI is InChI=1S/C22H27ClN2O3.C13H18ClNO2.C9H9NO/c1-4-16-9-11-18(12-10-16)25-21(27)28-14-13-22(2,3)20(26)24-15-17-7-5-6-8-19(17)23;1-13(2,7-8-16)12(17)15-9-10-5-3-4-6-11(10)14;1-2-8-3-5-9(6-4-8)10-7-11/h5-12H,4,13-15H2,1-3H3,(H,24,26)(H,25,27);3-6,16H,7-9H2,1-2H3,(H,15,17);3-6H,2H2,1H3. The molecule has 0 spiro atoms. The number of nitrogens with zero attached hydrogens (tertiary/aromatic N) is 1. The van der Waals surface area contributed by atoms with Crippen molar-refractivity contribution < 1.29 is 29.0 Å². The lowest BCUT2D eigenvalue weighted by atomic mass is 9.88. The van der Waals surface area contributed by atoms with Gasteiger partial charge in [-0.3, -0.25) is 14.9 Å². The van der Waals surface area contributed by atoms with Gasteiger partial charge >= 0.3 is 6.09 Å². The first-order chi connectivity index (χ1) is 26.6. The largest absolute Gasteiger partial charge is 0.449 e. The highest BCUT2D eigenvalue weighted by molar-refractivity contribution is 6.31. The molecule has 0 aliphatic rings. The molecule has 0 unspecified atom stereocenters. The number of hydrogen-bond acceptors (Lipinski definition) is 7. The SMILES string of the molecule is CC(C)(CCO)C(=O)NCc1ccccc1Cl.CCc1ccc(N=C=O)cc1.CCc1ccc(NC(=O)OCCC(C)(C)C(=O)NCc2ccccc2Cl)cc1. The van der Waals surface area contributed by atoms with Crippen molar-refractivity contribution in [1.82, 2.24) is 10.6 Å². The molecule has 0 heterocycles. The van der Waals surface area contributed by atoms with E-state index in [-0.39, 0.29) is 25.0 Å². The van der Waals surface area contributed by atoms with Crippen LogP contribution in [-0.2, 0) is 45.1 Å². The van der Waals surface area contributed by atoms with Gasteiger partial charge in [-0.1, -0.05) is 125 Å². The first-order valence-electron chi connectivity index (χ1n) is 18.5. The number of anilines is 1. The summed E-state index contributed by atoms with van der Waals surface area (Å²) in [5, 5.41) is 18.5. The van der Waals surface area contributed by atoms with Crippen molar-refractivity contribution in [2.45, 2.75) is 80.3 Å². The number of benzene rings is 4. The van der Waals surface area contributed by atoms with Gasteiger partial charge in [0.15, 0.2) is 0 Å². The van der Waals surface area contributed by atoms with Crippen molar-refractivity contribution in [3.05, 3.63) is 129 Å². The number of rotatable bonds is 15. The molecular weight excluding hydrogens is 751 g/mol. The number of halogens is 2. The van der Waals surface area contributed by atoms with E-state index in [4.69, 9.17) is 33.0 Å². The van der Waals surface area contributed by atoms with E-state index in [0.29, 0.717) is 47.4 Å². The highest BCUT2D eigenvalue weighted by Crippen LogP contribution is 2.23. The van der Waals surface area contributed by atoms with E-state index in [2.05, 4.69) is 34.8 Å². The third-order valence-electron chi connectivity index (χ3n) is 8.85. The van der Waals surface area contributed by atoms with Crippen LogP contribution in [-0.4, -0.2) is 42.3 Å². The van der Waals surface area contributed by atoms with Crippen molar-refractivity contribution in [2.75, 3.05) is 18.5 Å². The molecule has 12 heteroatoms. The van der Waals surface area contributed by atoms with Crippen molar-refractivity contribution in [3.8, 4) is 0 Å².